The quantitative estimate of drug-likeness (QED) is 0.528. The fraction of sp³-hybridized carbons (Fsp3) is 0.214. The van der Waals surface area contributed by atoms with Gasteiger partial charge in [-0.15, -0.1) is 0 Å². The van der Waals surface area contributed by atoms with Crippen LogP contribution >= 0.6 is 27.5 Å². The Morgan fingerprint density at radius 3 is 2.41 bits per heavy atom. The Bertz CT molecular complexity index is 786. The first-order chi connectivity index (χ1) is 10.2. The largest absolute Gasteiger partial charge is 0.431 e. The average Bonchev–Trinajstić information content (AvgIpc) is 2.41. The number of pyridine rings is 1. The van der Waals surface area contributed by atoms with E-state index in [1.165, 1.54) is 6.07 Å². The molecule has 1 heterocycles. The van der Waals surface area contributed by atoms with E-state index in [4.69, 9.17) is 11.6 Å². The zero-order valence-electron chi connectivity index (χ0n) is 11.1. The van der Waals surface area contributed by atoms with Crippen molar-refractivity contribution < 1.29 is 17.6 Å². The Labute approximate surface area is 136 Å². The highest BCUT2D eigenvalue weighted by atomic mass is 79.9. The van der Waals surface area contributed by atoms with E-state index in [2.05, 4.69) is 15.9 Å². The van der Waals surface area contributed by atoms with Crippen molar-refractivity contribution in [3.63, 3.8) is 0 Å². The van der Waals surface area contributed by atoms with Gasteiger partial charge in [0.2, 0.25) is 0 Å². The second-order valence-corrected chi connectivity index (χ2v) is 5.52. The van der Waals surface area contributed by atoms with Gasteiger partial charge < -0.3 is 4.57 Å². The third-order valence-electron chi connectivity index (χ3n) is 3.16. The maximum absolute atomic E-state index is 14.0. The molecule has 0 aliphatic heterocycles. The van der Waals surface area contributed by atoms with Gasteiger partial charge in [-0.05, 0) is 29.8 Å². The Kier molecular flexibility index (Phi) is 4.67. The molecule has 2 nitrogen and oxygen atoms in total. The minimum atomic E-state index is -4.66. The lowest BCUT2D eigenvalue weighted by atomic mass is 10.0. The molecular weight excluding hydrogens is 390 g/mol. The number of hydrogen-bond donors (Lipinski definition) is 0. The van der Waals surface area contributed by atoms with Crippen LogP contribution in [-0.2, 0) is 18.6 Å². The first-order valence-corrected chi connectivity index (χ1v) is 7.48. The number of alkyl halides is 4. The maximum Gasteiger partial charge on any atom is 0.431 e. The van der Waals surface area contributed by atoms with E-state index in [0.29, 0.717) is 15.5 Å². The van der Waals surface area contributed by atoms with E-state index in [9.17, 15) is 22.4 Å². The zero-order chi connectivity index (χ0) is 16.7. The number of hydrogen-bond acceptors (Lipinski definition) is 1. The summed E-state index contributed by atoms with van der Waals surface area (Å²) in [5.41, 5.74) is -1.76. The highest BCUT2D eigenvalue weighted by Crippen LogP contribution is 2.31. The number of rotatable bonds is 2. The Morgan fingerprint density at radius 1 is 1.23 bits per heavy atom. The third kappa shape index (κ3) is 3.05. The van der Waals surface area contributed by atoms with Crippen molar-refractivity contribution in [2.75, 3.05) is 0 Å². The van der Waals surface area contributed by atoms with E-state index in [-0.39, 0.29) is 16.1 Å². The summed E-state index contributed by atoms with van der Waals surface area (Å²) in [6.45, 7) is 0. The molecule has 8 heteroatoms. The molecule has 0 aliphatic carbocycles. The van der Waals surface area contributed by atoms with Crippen LogP contribution in [0.25, 0.3) is 11.1 Å². The van der Waals surface area contributed by atoms with Gasteiger partial charge in [-0.25, -0.2) is 4.39 Å². The zero-order valence-corrected chi connectivity index (χ0v) is 13.5. The molecule has 0 saturated carbocycles. The van der Waals surface area contributed by atoms with E-state index < -0.39 is 23.2 Å². The van der Waals surface area contributed by atoms with Crippen LogP contribution in [0.2, 0.25) is 5.02 Å². The number of aromatic nitrogens is 1. The van der Waals surface area contributed by atoms with Gasteiger partial charge in [0, 0.05) is 23.0 Å². The monoisotopic (exact) mass is 397 g/mol. The molecule has 0 saturated heterocycles. The summed E-state index contributed by atoms with van der Waals surface area (Å²) < 4.78 is 52.8. The first-order valence-electron chi connectivity index (χ1n) is 5.98. The minimum absolute atomic E-state index is 0.0897. The molecule has 1 aromatic carbocycles. The molecule has 118 valence electrons. The van der Waals surface area contributed by atoms with Crippen LogP contribution in [-0.4, -0.2) is 4.57 Å². The van der Waals surface area contributed by atoms with Gasteiger partial charge in [0.1, 0.15) is 11.5 Å². The fourth-order valence-electron chi connectivity index (χ4n) is 2.03. The van der Waals surface area contributed by atoms with Gasteiger partial charge >= 0.3 is 6.18 Å². The van der Waals surface area contributed by atoms with Gasteiger partial charge in [0.25, 0.3) is 5.56 Å². The van der Waals surface area contributed by atoms with Gasteiger partial charge in [-0.2, -0.15) is 13.2 Å². The number of benzene rings is 1. The molecule has 0 bridgehead atoms. The van der Waals surface area contributed by atoms with Gasteiger partial charge in [0.15, 0.2) is 0 Å². The minimum Gasteiger partial charge on any atom is -0.307 e. The molecule has 0 aliphatic rings. The van der Waals surface area contributed by atoms with Crippen molar-refractivity contribution in [3.05, 3.63) is 56.7 Å². The molecule has 0 amide bonds. The molecule has 0 N–H and O–H groups in total. The van der Waals surface area contributed by atoms with Gasteiger partial charge in [0.05, 0.1) is 5.56 Å². The summed E-state index contributed by atoms with van der Waals surface area (Å²) in [5, 5.41) is 0.488. The van der Waals surface area contributed by atoms with Crippen LogP contribution in [0, 0.1) is 5.82 Å². The summed E-state index contributed by atoms with van der Waals surface area (Å²) in [5.74, 6) is -0.772. The molecule has 0 radical (unpaired) electrons. The van der Waals surface area contributed by atoms with Crippen molar-refractivity contribution in [2.24, 2.45) is 7.05 Å². The lowest BCUT2D eigenvalue weighted by molar-refractivity contribution is -0.143. The second kappa shape index (κ2) is 6.04. The summed E-state index contributed by atoms with van der Waals surface area (Å²) >= 11 is 9.01. The molecule has 2 rings (SSSR count). The van der Waals surface area contributed by atoms with E-state index in [0.717, 1.165) is 25.2 Å². The Morgan fingerprint density at radius 2 is 1.86 bits per heavy atom. The van der Waals surface area contributed by atoms with E-state index in [1.54, 1.807) is 0 Å². The topological polar surface area (TPSA) is 22.0 Å². The third-order valence-corrected chi connectivity index (χ3v) is 4.12. The van der Waals surface area contributed by atoms with Crippen LogP contribution in [0.4, 0.5) is 17.6 Å². The van der Waals surface area contributed by atoms with E-state index in [1.807, 2.05) is 0 Å². The van der Waals surface area contributed by atoms with Crippen LogP contribution in [0.15, 0.2) is 29.1 Å². The SMILES string of the molecule is Cn1c(C(F)(F)F)ccc(-c2cc(CBr)c(Cl)cc2F)c1=O. The van der Waals surface area contributed by atoms with Crippen LogP contribution in [0.5, 0.6) is 0 Å². The number of nitrogens with zero attached hydrogens (tertiary/aromatic N) is 1. The average molecular weight is 399 g/mol. The van der Waals surface area contributed by atoms with Gasteiger partial charge in [-0.3, -0.25) is 4.79 Å². The predicted octanol–water partition coefficient (Wildman–Crippen LogP) is 4.76. The molecule has 1 aromatic heterocycles. The Balaban J connectivity index is 2.70. The molecule has 0 unspecified atom stereocenters. The summed E-state index contributed by atoms with van der Waals surface area (Å²) in [4.78, 5) is 12.1. The normalized spacial score (nSPS) is 11.8. The smallest absolute Gasteiger partial charge is 0.307 e. The standard InChI is InChI=1S/C14H9BrClF4NO/c1-21-12(14(18,19)20)3-2-8(13(21)22)9-4-7(6-15)10(16)5-11(9)17/h2-5H,6H2,1H3. The predicted molar refractivity (Wildman–Crippen MR) is 79.7 cm³/mol. The van der Waals surface area contributed by atoms with Gasteiger partial charge in [-0.1, -0.05) is 27.5 Å². The lowest BCUT2D eigenvalue weighted by Crippen LogP contribution is -2.26. The molecule has 0 atom stereocenters. The lowest BCUT2D eigenvalue weighted by Gasteiger charge is -2.14. The fourth-order valence-corrected chi connectivity index (χ4v) is 2.87. The highest BCUT2D eigenvalue weighted by Gasteiger charge is 2.34. The molecule has 0 spiro atoms. The van der Waals surface area contributed by atoms with Crippen molar-refractivity contribution in [1.82, 2.24) is 4.57 Å². The van der Waals surface area contributed by atoms with Crippen LogP contribution in [0.1, 0.15) is 11.3 Å². The molecule has 22 heavy (non-hydrogen) atoms. The molecule has 0 fully saturated rings. The first kappa shape index (κ1) is 17.0. The van der Waals surface area contributed by atoms with E-state index >= 15 is 0 Å². The second-order valence-electron chi connectivity index (χ2n) is 4.55. The summed E-state index contributed by atoms with van der Waals surface area (Å²) in [7, 11) is 0.994. The summed E-state index contributed by atoms with van der Waals surface area (Å²) in [6.07, 6.45) is -4.66. The highest BCUT2D eigenvalue weighted by molar-refractivity contribution is 9.08. The van der Waals surface area contributed by atoms with Crippen molar-refractivity contribution in [2.45, 2.75) is 11.5 Å². The Hall–Kier alpha value is -1.34. The van der Waals surface area contributed by atoms with Crippen molar-refractivity contribution in [3.8, 4) is 11.1 Å². The molecular formula is C14H9BrClF4NO. The maximum atomic E-state index is 14.0. The molecule has 2 aromatic rings. The van der Waals surface area contributed by atoms with Crippen LogP contribution in [0.3, 0.4) is 0 Å². The summed E-state index contributed by atoms with van der Waals surface area (Å²) in [6, 6.07) is 4.09. The van der Waals surface area contributed by atoms with Crippen molar-refractivity contribution >= 4 is 27.5 Å². The van der Waals surface area contributed by atoms with Crippen molar-refractivity contribution in [1.29, 1.82) is 0 Å². The number of halogens is 6. The van der Waals surface area contributed by atoms with Crippen LogP contribution < -0.4 is 5.56 Å².